The Morgan fingerprint density at radius 1 is 1.47 bits per heavy atom. The van der Waals surface area contributed by atoms with Crippen molar-refractivity contribution in [3.63, 3.8) is 0 Å². The predicted molar refractivity (Wildman–Crippen MR) is 76.8 cm³/mol. The number of methoxy groups -OCH3 is 1. The SMILES string of the molecule is COc1ccc([N+](=O)[O-])cc1CNC1CCSCC1. The van der Waals surface area contributed by atoms with Gasteiger partial charge >= 0.3 is 0 Å². The molecule has 1 aliphatic heterocycles. The number of thioether (sulfide) groups is 1. The summed E-state index contributed by atoms with van der Waals surface area (Å²) in [5.74, 6) is 3.07. The first-order valence-electron chi connectivity index (χ1n) is 6.33. The molecule has 0 spiro atoms. The van der Waals surface area contributed by atoms with Gasteiger partial charge in [-0.1, -0.05) is 0 Å². The van der Waals surface area contributed by atoms with Gasteiger partial charge in [-0.2, -0.15) is 11.8 Å². The maximum absolute atomic E-state index is 10.8. The third-order valence-electron chi connectivity index (χ3n) is 3.28. The highest BCUT2D eigenvalue weighted by molar-refractivity contribution is 7.99. The van der Waals surface area contributed by atoms with Gasteiger partial charge in [0.05, 0.1) is 12.0 Å². The molecule has 0 radical (unpaired) electrons. The summed E-state index contributed by atoms with van der Waals surface area (Å²) in [5.41, 5.74) is 0.951. The molecule has 0 atom stereocenters. The molecule has 1 aliphatic rings. The van der Waals surface area contributed by atoms with Crippen LogP contribution in [-0.4, -0.2) is 29.6 Å². The molecule has 1 N–H and O–H groups in total. The molecule has 0 unspecified atom stereocenters. The molecule has 1 aromatic carbocycles. The number of ether oxygens (including phenoxy) is 1. The van der Waals surface area contributed by atoms with Crippen molar-refractivity contribution in [3.05, 3.63) is 33.9 Å². The van der Waals surface area contributed by atoms with Gasteiger partial charge in [0.1, 0.15) is 5.75 Å². The van der Waals surface area contributed by atoms with Crippen molar-refractivity contribution in [1.82, 2.24) is 5.32 Å². The summed E-state index contributed by atoms with van der Waals surface area (Å²) in [6.07, 6.45) is 2.31. The van der Waals surface area contributed by atoms with Crippen LogP contribution in [0.1, 0.15) is 18.4 Å². The lowest BCUT2D eigenvalue weighted by Crippen LogP contribution is -2.32. The van der Waals surface area contributed by atoms with Crippen LogP contribution in [0, 0.1) is 10.1 Å². The third-order valence-corrected chi connectivity index (χ3v) is 4.33. The first kappa shape index (κ1) is 14.1. The summed E-state index contributed by atoms with van der Waals surface area (Å²) in [7, 11) is 1.59. The van der Waals surface area contributed by atoms with E-state index in [-0.39, 0.29) is 10.6 Å². The van der Waals surface area contributed by atoms with E-state index in [2.05, 4.69) is 5.32 Å². The van der Waals surface area contributed by atoms with Crippen molar-refractivity contribution in [1.29, 1.82) is 0 Å². The van der Waals surface area contributed by atoms with Gasteiger partial charge in [0.15, 0.2) is 0 Å². The molecule has 0 aliphatic carbocycles. The fourth-order valence-electron chi connectivity index (χ4n) is 2.17. The van der Waals surface area contributed by atoms with Gasteiger partial charge in [0.2, 0.25) is 0 Å². The van der Waals surface area contributed by atoms with E-state index in [1.165, 1.54) is 17.6 Å². The summed E-state index contributed by atoms with van der Waals surface area (Å²) < 4.78 is 5.25. The first-order chi connectivity index (χ1) is 9.20. The molecule has 0 bridgehead atoms. The molecule has 1 saturated heterocycles. The number of nitrogens with zero attached hydrogens (tertiary/aromatic N) is 1. The average Bonchev–Trinajstić information content (AvgIpc) is 2.45. The van der Waals surface area contributed by atoms with Crippen LogP contribution in [-0.2, 0) is 6.54 Å². The highest BCUT2D eigenvalue weighted by Gasteiger charge is 2.15. The van der Waals surface area contributed by atoms with Crippen LogP contribution in [0.25, 0.3) is 0 Å². The Kier molecular flexibility index (Phi) is 5.04. The monoisotopic (exact) mass is 282 g/mol. The van der Waals surface area contributed by atoms with Crippen molar-refractivity contribution >= 4 is 17.4 Å². The summed E-state index contributed by atoms with van der Waals surface area (Å²) in [6, 6.07) is 5.22. The van der Waals surface area contributed by atoms with E-state index in [0.717, 1.165) is 18.4 Å². The number of nitro groups is 1. The van der Waals surface area contributed by atoms with Gasteiger partial charge in [-0.25, -0.2) is 0 Å². The zero-order valence-electron chi connectivity index (χ0n) is 10.9. The van der Waals surface area contributed by atoms with E-state index >= 15 is 0 Å². The minimum atomic E-state index is -0.375. The van der Waals surface area contributed by atoms with Crippen molar-refractivity contribution in [2.24, 2.45) is 0 Å². The van der Waals surface area contributed by atoms with Gasteiger partial charge < -0.3 is 10.1 Å². The number of rotatable bonds is 5. The number of nitro benzene ring substituents is 1. The van der Waals surface area contributed by atoms with Gasteiger partial charge in [0.25, 0.3) is 5.69 Å². The van der Waals surface area contributed by atoms with E-state index in [4.69, 9.17) is 4.74 Å². The molecule has 0 amide bonds. The lowest BCUT2D eigenvalue weighted by atomic mass is 10.1. The predicted octanol–water partition coefficient (Wildman–Crippen LogP) is 2.59. The first-order valence-corrected chi connectivity index (χ1v) is 7.48. The molecule has 2 rings (SSSR count). The van der Waals surface area contributed by atoms with Crippen LogP contribution in [0.2, 0.25) is 0 Å². The van der Waals surface area contributed by atoms with Crippen molar-refractivity contribution in [2.45, 2.75) is 25.4 Å². The van der Waals surface area contributed by atoms with Crippen LogP contribution in [0.4, 0.5) is 5.69 Å². The molecule has 0 aromatic heterocycles. The smallest absolute Gasteiger partial charge is 0.270 e. The Hall–Kier alpha value is -1.27. The molecule has 19 heavy (non-hydrogen) atoms. The third kappa shape index (κ3) is 3.84. The zero-order chi connectivity index (χ0) is 13.7. The van der Waals surface area contributed by atoms with Crippen LogP contribution in [0.15, 0.2) is 18.2 Å². The van der Waals surface area contributed by atoms with Crippen LogP contribution >= 0.6 is 11.8 Å². The van der Waals surface area contributed by atoms with Crippen LogP contribution in [0.3, 0.4) is 0 Å². The van der Waals surface area contributed by atoms with E-state index < -0.39 is 0 Å². The van der Waals surface area contributed by atoms with E-state index in [1.54, 1.807) is 19.2 Å². The summed E-state index contributed by atoms with van der Waals surface area (Å²) in [6.45, 7) is 0.611. The lowest BCUT2D eigenvalue weighted by molar-refractivity contribution is -0.384. The Bertz CT molecular complexity index is 448. The molecule has 104 valence electrons. The second kappa shape index (κ2) is 6.77. The Morgan fingerprint density at radius 3 is 2.84 bits per heavy atom. The second-order valence-electron chi connectivity index (χ2n) is 4.52. The molecule has 1 heterocycles. The minimum absolute atomic E-state index is 0.108. The fraction of sp³-hybridized carbons (Fsp3) is 0.538. The minimum Gasteiger partial charge on any atom is -0.496 e. The Labute approximate surface area is 116 Å². The average molecular weight is 282 g/mol. The fourth-order valence-corrected chi connectivity index (χ4v) is 3.28. The van der Waals surface area contributed by atoms with Gasteiger partial charge in [-0.3, -0.25) is 10.1 Å². The molecular formula is C13H18N2O3S. The normalized spacial score (nSPS) is 16.3. The Balaban J connectivity index is 2.04. The second-order valence-corrected chi connectivity index (χ2v) is 5.75. The maximum atomic E-state index is 10.8. The molecule has 1 fully saturated rings. The highest BCUT2D eigenvalue weighted by Crippen LogP contribution is 2.24. The molecular weight excluding hydrogens is 264 g/mol. The van der Waals surface area contributed by atoms with Crippen molar-refractivity contribution < 1.29 is 9.66 Å². The van der Waals surface area contributed by atoms with Crippen LogP contribution in [0.5, 0.6) is 5.75 Å². The standard InChI is InChI=1S/C13H18N2O3S/c1-18-13-3-2-12(15(16)17)8-10(13)9-14-11-4-6-19-7-5-11/h2-3,8,11,14H,4-7,9H2,1H3. The van der Waals surface area contributed by atoms with Crippen molar-refractivity contribution in [2.75, 3.05) is 18.6 Å². The molecule has 1 aromatic rings. The molecule has 5 nitrogen and oxygen atoms in total. The van der Waals surface area contributed by atoms with Crippen molar-refractivity contribution in [3.8, 4) is 5.75 Å². The summed E-state index contributed by atoms with van der Waals surface area (Å²) in [4.78, 5) is 10.4. The number of hydrogen-bond donors (Lipinski definition) is 1. The topological polar surface area (TPSA) is 64.4 Å². The van der Waals surface area contributed by atoms with Crippen LogP contribution < -0.4 is 10.1 Å². The van der Waals surface area contributed by atoms with E-state index in [0.29, 0.717) is 18.3 Å². The van der Waals surface area contributed by atoms with Gasteiger partial charge in [-0.05, 0) is 30.4 Å². The maximum Gasteiger partial charge on any atom is 0.270 e. The lowest BCUT2D eigenvalue weighted by Gasteiger charge is -2.23. The number of non-ortho nitro benzene ring substituents is 1. The quantitative estimate of drug-likeness (QED) is 0.664. The summed E-state index contributed by atoms with van der Waals surface area (Å²) in [5, 5.41) is 14.3. The molecule has 0 saturated carbocycles. The molecule has 6 heteroatoms. The highest BCUT2D eigenvalue weighted by atomic mass is 32.2. The van der Waals surface area contributed by atoms with Gasteiger partial charge in [0, 0.05) is 30.3 Å². The Morgan fingerprint density at radius 2 is 2.21 bits per heavy atom. The van der Waals surface area contributed by atoms with Gasteiger partial charge in [-0.15, -0.1) is 0 Å². The number of benzene rings is 1. The summed E-state index contributed by atoms with van der Waals surface area (Å²) >= 11 is 1.98. The van der Waals surface area contributed by atoms with E-state index in [1.807, 2.05) is 11.8 Å². The zero-order valence-corrected chi connectivity index (χ0v) is 11.7. The largest absolute Gasteiger partial charge is 0.496 e. The van der Waals surface area contributed by atoms with E-state index in [9.17, 15) is 10.1 Å². The number of nitrogens with one attached hydrogen (secondary N) is 1. The number of hydrogen-bond acceptors (Lipinski definition) is 5.